The fraction of sp³-hybridized carbons (Fsp3) is 0.238. The number of hydrogen-bond acceptors (Lipinski definition) is 5. The van der Waals surface area contributed by atoms with Gasteiger partial charge in [-0.05, 0) is 54.3 Å². The van der Waals surface area contributed by atoms with Crippen LogP contribution in [-0.2, 0) is 4.79 Å². The van der Waals surface area contributed by atoms with Crippen LogP contribution in [0.4, 0.5) is 0 Å². The molecule has 2 aliphatic rings. The third-order valence-corrected chi connectivity index (χ3v) is 4.63. The predicted octanol–water partition coefficient (Wildman–Crippen LogP) is 3.60. The van der Waals surface area contributed by atoms with Gasteiger partial charge < -0.3 is 19.3 Å². The number of rotatable bonds is 5. The highest BCUT2D eigenvalue weighted by molar-refractivity contribution is 6.35. The Balaban J connectivity index is 1.90. The summed E-state index contributed by atoms with van der Waals surface area (Å²) in [6.07, 6.45) is 0.838. The Morgan fingerprint density at radius 3 is 2.70 bits per heavy atom. The Hall–Kier alpha value is -3.28. The minimum atomic E-state index is -1.25. The molecule has 0 unspecified atom stereocenters. The number of ether oxygens (including phenoxy) is 3. The van der Waals surface area contributed by atoms with E-state index in [0.29, 0.717) is 46.1 Å². The number of ketones is 1. The maximum Gasteiger partial charge on any atom is 0.340 e. The zero-order valence-electron chi connectivity index (χ0n) is 15.0. The second-order valence-electron chi connectivity index (χ2n) is 6.46. The molecule has 138 valence electrons. The number of hydrogen-bond donors (Lipinski definition) is 1. The lowest BCUT2D eigenvalue weighted by Gasteiger charge is -2.13. The van der Waals surface area contributed by atoms with E-state index in [1.807, 2.05) is 19.9 Å². The van der Waals surface area contributed by atoms with E-state index >= 15 is 0 Å². The zero-order chi connectivity index (χ0) is 19.1. The molecule has 0 aromatic heterocycles. The van der Waals surface area contributed by atoms with Gasteiger partial charge in [0.2, 0.25) is 12.6 Å². The van der Waals surface area contributed by atoms with Crippen molar-refractivity contribution in [1.82, 2.24) is 0 Å². The van der Waals surface area contributed by atoms with Crippen LogP contribution in [0.2, 0.25) is 0 Å². The van der Waals surface area contributed by atoms with Crippen LogP contribution in [0.15, 0.2) is 35.9 Å². The lowest BCUT2D eigenvalue weighted by molar-refractivity contribution is -0.132. The third kappa shape index (κ3) is 2.73. The van der Waals surface area contributed by atoms with Gasteiger partial charge in [-0.25, -0.2) is 4.79 Å². The minimum absolute atomic E-state index is 0.121. The quantitative estimate of drug-likeness (QED) is 0.815. The van der Waals surface area contributed by atoms with Crippen molar-refractivity contribution >= 4 is 17.3 Å². The van der Waals surface area contributed by atoms with E-state index in [9.17, 15) is 14.7 Å². The topological polar surface area (TPSA) is 82.1 Å². The summed E-state index contributed by atoms with van der Waals surface area (Å²) in [7, 11) is 0. The normalized spacial score (nSPS) is 14.5. The van der Waals surface area contributed by atoms with E-state index in [2.05, 4.69) is 0 Å². The highest BCUT2D eigenvalue weighted by Crippen LogP contribution is 2.44. The van der Waals surface area contributed by atoms with Crippen molar-refractivity contribution in [2.75, 3.05) is 13.4 Å². The smallest absolute Gasteiger partial charge is 0.340 e. The molecule has 1 aliphatic carbocycles. The molecule has 6 nitrogen and oxygen atoms in total. The van der Waals surface area contributed by atoms with Gasteiger partial charge >= 0.3 is 5.97 Å². The molecular formula is C21H18O6. The summed E-state index contributed by atoms with van der Waals surface area (Å²) in [6, 6.07) is 8.64. The van der Waals surface area contributed by atoms with Crippen molar-refractivity contribution in [3.05, 3.63) is 58.2 Å². The van der Waals surface area contributed by atoms with Crippen LogP contribution in [0.25, 0.3) is 5.57 Å². The first-order valence-corrected chi connectivity index (χ1v) is 8.71. The summed E-state index contributed by atoms with van der Waals surface area (Å²) in [4.78, 5) is 24.8. The van der Waals surface area contributed by atoms with Crippen LogP contribution in [-0.4, -0.2) is 30.3 Å². The lowest BCUT2D eigenvalue weighted by atomic mass is 9.93. The SMILES string of the molecule is CCCOc1cc(C)c2c(c1)C(=O)C(C(=O)O)=C2c1ccc2c(c1)OCO2. The van der Waals surface area contributed by atoms with E-state index in [1.54, 1.807) is 24.3 Å². The Bertz CT molecular complexity index is 1000. The zero-order valence-corrected chi connectivity index (χ0v) is 15.0. The fourth-order valence-corrected chi connectivity index (χ4v) is 3.49. The van der Waals surface area contributed by atoms with Gasteiger partial charge in [0.1, 0.15) is 11.3 Å². The fourth-order valence-electron chi connectivity index (χ4n) is 3.49. The van der Waals surface area contributed by atoms with Crippen LogP contribution in [0, 0.1) is 6.92 Å². The molecule has 0 saturated carbocycles. The molecule has 0 amide bonds. The van der Waals surface area contributed by atoms with Gasteiger partial charge in [-0.2, -0.15) is 0 Å². The molecule has 6 heteroatoms. The Morgan fingerprint density at radius 1 is 1.19 bits per heavy atom. The van der Waals surface area contributed by atoms with Crippen LogP contribution >= 0.6 is 0 Å². The molecule has 0 radical (unpaired) electrons. The number of carboxylic acid groups (broad SMARTS) is 1. The van der Waals surface area contributed by atoms with Gasteiger partial charge in [0.25, 0.3) is 0 Å². The Labute approximate surface area is 156 Å². The molecule has 0 spiro atoms. The van der Waals surface area contributed by atoms with Crippen LogP contribution in [0.3, 0.4) is 0 Å². The van der Waals surface area contributed by atoms with Gasteiger partial charge in [0.05, 0.1) is 6.61 Å². The Morgan fingerprint density at radius 2 is 1.96 bits per heavy atom. The standard InChI is InChI=1S/C21H18O6/c1-3-6-25-13-7-11(2)17-14(9-13)20(22)19(21(23)24)18(17)12-4-5-15-16(8-12)27-10-26-15/h4-5,7-9H,3,6,10H2,1-2H3,(H,23,24). The summed E-state index contributed by atoms with van der Waals surface area (Å²) in [5, 5.41) is 9.72. The van der Waals surface area contributed by atoms with Crippen molar-refractivity contribution < 1.29 is 28.9 Å². The van der Waals surface area contributed by atoms with Gasteiger partial charge in [-0.1, -0.05) is 13.0 Å². The summed E-state index contributed by atoms with van der Waals surface area (Å²) >= 11 is 0. The predicted molar refractivity (Wildman–Crippen MR) is 97.5 cm³/mol. The number of aryl methyl sites for hydroxylation is 1. The Kier molecular flexibility index (Phi) is 4.11. The third-order valence-electron chi connectivity index (χ3n) is 4.63. The molecule has 1 aliphatic heterocycles. The first-order valence-electron chi connectivity index (χ1n) is 8.71. The monoisotopic (exact) mass is 366 g/mol. The highest BCUT2D eigenvalue weighted by atomic mass is 16.7. The number of Topliss-reactive ketones (excluding diaryl/α,β-unsaturated/α-hetero) is 1. The molecule has 0 bridgehead atoms. The van der Waals surface area contributed by atoms with E-state index in [-0.39, 0.29) is 12.4 Å². The summed E-state index contributed by atoms with van der Waals surface area (Å²) in [6.45, 7) is 4.49. The second-order valence-corrected chi connectivity index (χ2v) is 6.46. The van der Waals surface area contributed by atoms with Crippen molar-refractivity contribution in [1.29, 1.82) is 0 Å². The maximum atomic E-state index is 12.9. The van der Waals surface area contributed by atoms with Gasteiger partial charge in [0.15, 0.2) is 11.5 Å². The molecular weight excluding hydrogens is 348 g/mol. The number of fused-ring (bicyclic) bond motifs is 2. The molecule has 0 fully saturated rings. The number of carboxylic acids is 1. The molecule has 0 saturated heterocycles. The van der Waals surface area contributed by atoms with Gasteiger partial charge in [-0.15, -0.1) is 0 Å². The number of carbonyl (C=O) groups is 2. The molecule has 1 heterocycles. The van der Waals surface area contributed by atoms with Gasteiger partial charge in [0, 0.05) is 11.1 Å². The largest absolute Gasteiger partial charge is 0.494 e. The van der Waals surface area contributed by atoms with Crippen molar-refractivity contribution in [2.45, 2.75) is 20.3 Å². The van der Waals surface area contributed by atoms with Crippen LogP contribution in [0.1, 0.15) is 40.4 Å². The van der Waals surface area contributed by atoms with E-state index < -0.39 is 11.8 Å². The number of aliphatic carboxylic acids is 1. The van der Waals surface area contributed by atoms with Crippen molar-refractivity contribution in [2.24, 2.45) is 0 Å². The maximum absolute atomic E-state index is 12.9. The summed E-state index contributed by atoms with van der Waals surface area (Å²) in [5.74, 6) is -0.0559. The minimum Gasteiger partial charge on any atom is -0.494 e. The molecule has 27 heavy (non-hydrogen) atoms. The van der Waals surface area contributed by atoms with E-state index in [0.717, 1.165) is 12.0 Å². The lowest BCUT2D eigenvalue weighted by Crippen LogP contribution is -2.09. The molecule has 2 aromatic rings. The first kappa shape index (κ1) is 17.1. The molecule has 1 N–H and O–H groups in total. The summed E-state index contributed by atoms with van der Waals surface area (Å²) in [5.41, 5.74) is 2.54. The van der Waals surface area contributed by atoms with Gasteiger partial charge in [-0.3, -0.25) is 4.79 Å². The summed E-state index contributed by atoms with van der Waals surface area (Å²) < 4.78 is 16.4. The second kappa shape index (κ2) is 6.46. The molecule has 4 rings (SSSR count). The average Bonchev–Trinajstić information content (AvgIpc) is 3.22. The van der Waals surface area contributed by atoms with E-state index in [1.165, 1.54) is 0 Å². The highest BCUT2D eigenvalue weighted by Gasteiger charge is 2.36. The van der Waals surface area contributed by atoms with E-state index in [4.69, 9.17) is 14.2 Å². The van der Waals surface area contributed by atoms with Crippen LogP contribution < -0.4 is 14.2 Å². The first-order chi connectivity index (χ1) is 13.0. The number of benzene rings is 2. The van der Waals surface area contributed by atoms with Crippen LogP contribution in [0.5, 0.6) is 17.2 Å². The van der Waals surface area contributed by atoms with Crippen molar-refractivity contribution in [3.63, 3.8) is 0 Å². The molecule has 0 atom stereocenters. The van der Waals surface area contributed by atoms with Crippen molar-refractivity contribution in [3.8, 4) is 17.2 Å². The average molecular weight is 366 g/mol. The molecule has 2 aromatic carbocycles. The number of carbonyl (C=O) groups excluding carboxylic acids is 1.